The third-order valence-corrected chi connectivity index (χ3v) is 13.7. The largest absolute Gasteiger partial charge is 0.0654 e. The number of hydrogen-bond acceptors (Lipinski definition) is 0. The molecule has 0 aliphatic carbocycles. The number of hydrogen-bond donors (Lipinski definition) is 0. The van der Waals surface area contributed by atoms with Crippen LogP contribution in [0.2, 0.25) is 0 Å². The van der Waals surface area contributed by atoms with Crippen molar-refractivity contribution in [2.45, 2.75) is 336 Å². The van der Waals surface area contributed by atoms with Crippen LogP contribution >= 0.6 is 0 Å². The van der Waals surface area contributed by atoms with Crippen molar-refractivity contribution in [2.24, 2.45) is 0 Å². The SMILES string of the molecule is CCCCCCCCCCCCCCCCc1cc(CCCC)cc(CCCCCCCCCCCCCCCC)c1CCCCCCCCCCCCCCCC. The Kier molecular flexibility index (Phi) is 43.6. The summed E-state index contributed by atoms with van der Waals surface area (Å²) in [5, 5.41) is 0. The molecule has 0 aliphatic heterocycles. The molecular formula is C58H110. The first kappa shape index (κ1) is 55.2. The summed E-state index contributed by atoms with van der Waals surface area (Å²) < 4.78 is 0. The molecule has 1 rings (SSSR count). The lowest BCUT2D eigenvalue weighted by Gasteiger charge is -2.18. The maximum absolute atomic E-state index is 2.70. The monoisotopic (exact) mass is 807 g/mol. The molecule has 58 heavy (non-hydrogen) atoms. The van der Waals surface area contributed by atoms with Crippen molar-refractivity contribution >= 4 is 0 Å². The quantitative estimate of drug-likeness (QED) is 0.0576. The van der Waals surface area contributed by atoms with Gasteiger partial charge in [-0.2, -0.15) is 0 Å². The second kappa shape index (κ2) is 45.7. The number of benzene rings is 1. The van der Waals surface area contributed by atoms with E-state index >= 15 is 0 Å². The van der Waals surface area contributed by atoms with Gasteiger partial charge in [-0.15, -0.1) is 0 Å². The van der Waals surface area contributed by atoms with E-state index in [1.807, 2.05) is 5.56 Å². The normalized spacial score (nSPS) is 11.7. The zero-order valence-electron chi connectivity index (χ0n) is 41.1. The van der Waals surface area contributed by atoms with Gasteiger partial charge in [0, 0.05) is 0 Å². The average molecular weight is 808 g/mol. The highest BCUT2D eigenvalue weighted by Crippen LogP contribution is 2.27. The second-order valence-corrected chi connectivity index (χ2v) is 19.5. The molecule has 0 radical (unpaired) electrons. The lowest BCUT2D eigenvalue weighted by atomic mass is 9.87. The molecule has 0 unspecified atom stereocenters. The summed E-state index contributed by atoms with van der Waals surface area (Å²) in [6, 6.07) is 5.40. The van der Waals surface area contributed by atoms with Gasteiger partial charge >= 0.3 is 0 Å². The number of unbranched alkanes of at least 4 members (excludes halogenated alkanes) is 40. The van der Waals surface area contributed by atoms with E-state index in [-0.39, 0.29) is 0 Å². The molecule has 0 saturated carbocycles. The highest BCUT2D eigenvalue weighted by molar-refractivity contribution is 5.40. The van der Waals surface area contributed by atoms with Crippen molar-refractivity contribution in [2.75, 3.05) is 0 Å². The van der Waals surface area contributed by atoms with Gasteiger partial charge in [-0.1, -0.05) is 297 Å². The number of rotatable bonds is 48. The fourth-order valence-corrected chi connectivity index (χ4v) is 9.68. The minimum Gasteiger partial charge on any atom is -0.0654 e. The molecule has 0 bridgehead atoms. The van der Waals surface area contributed by atoms with E-state index in [1.54, 1.807) is 16.7 Å². The molecule has 0 aromatic heterocycles. The molecule has 342 valence electrons. The van der Waals surface area contributed by atoms with Crippen LogP contribution in [0.15, 0.2) is 12.1 Å². The summed E-state index contributed by atoms with van der Waals surface area (Å²) >= 11 is 0. The molecule has 0 fully saturated rings. The van der Waals surface area contributed by atoms with E-state index in [2.05, 4.69) is 39.8 Å². The van der Waals surface area contributed by atoms with Crippen LogP contribution in [-0.2, 0) is 25.7 Å². The standard InChI is InChI=1S/C58H110/c1-5-9-13-16-19-22-25-28-31-34-37-40-43-46-50-56-53-55(49-12-8-4)54-57(51-47-44-41-38-35-32-29-26-23-20-17-14-10-6-2)58(56)52-48-45-42-39-36-33-30-27-24-21-18-15-11-7-3/h53-54H,5-52H2,1-4H3. The van der Waals surface area contributed by atoms with Gasteiger partial charge in [-0.25, -0.2) is 0 Å². The van der Waals surface area contributed by atoms with Crippen molar-refractivity contribution in [3.8, 4) is 0 Å². The highest BCUT2D eigenvalue weighted by atomic mass is 14.2. The van der Waals surface area contributed by atoms with Crippen LogP contribution in [0, 0.1) is 0 Å². The third-order valence-electron chi connectivity index (χ3n) is 13.7. The molecule has 0 saturated heterocycles. The lowest BCUT2D eigenvalue weighted by molar-refractivity contribution is 0.533. The first-order valence-corrected chi connectivity index (χ1v) is 27.9. The van der Waals surface area contributed by atoms with Crippen molar-refractivity contribution in [3.63, 3.8) is 0 Å². The van der Waals surface area contributed by atoms with Crippen molar-refractivity contribution in [1.82, 2.24) is 0 Å². The van der Waals surface area contributed by atoms with Crippen LogP contribution in [0.1, 0.15) is 332 Å². The van der Waals surface area contributed by atoms with Crippen molar-refractivity contribution in [1.29, 1.82) is 0 Å². The molecule has 0 nitrogen and oxygen atoms in total. The Balaban J connectivity index is 2.56. The van der Waals surface area contributed by atoms with E-state index in [0.29, 0.717) is 0 Å². The molecule has 1 aromatic carbocycles. The minimum absolute atomic E-state index is 1.28. The maximum Gasteiger partial charge on any atom is -0.0273 e. The maximum atomic E-state index is 2.70. The summed E-state index contributed by atoms with van der Waals surface area (Å²) in [6.07, 6.45) is 68.9. The topological polar surface area (TPSA) is 0 Å². The zero-order valence-corrected chi connectivity index (χ0v) is 41.1. The number of aryl methyl sites for hydroxylation is 3. The summed E-state index contributed by atoms with van der Waals surface area (Å²) in [7, 11) is 0. The Morgan fingerprint density at radius 2 is 0.414 bits per heavy atom. The first-order valence-electron chi connectivity index (χ1n) is 27.9. The van der Waals surface area contributed by atoms with Crippen LogP contribution in [-0.4, -0.2) is 0 Å². The van der Waals surface area contributed by atoms with E-state index in [0.717, 1.165) is 0 Å². The van der Waals surface area contributed by atoms with Gasteiger partial charge in [0.25, 0.3) is 0 Å². The fraction of sp³-hybridized carbons (Fsp3) is 0.897. The Labute approximate surface area is 368 Å². The molecule has 0 aliphatic rings. The van der Waals surface area contributed by atoms with E-state index in [4.69, 9.17) is 0 Å². The predicted molar refractivity (Wildman–Crippen MR) is 267 cm³/mol. The Morgan fingerprint density at radius 3 is 0.655 bits per heavy atom. The molecule has 0 N–H and O–H groups in total. The predicted octanol–water partition coefficient (Wildman–Crippen LogP) is 21.1. The highest BCUT2D eigenvalue weighted by Gasteiger charge is 2.12. The van der Waals surface area contributed by atoms with Gasteiger partial charge in [0.2, 0.25) is 0 Å². The van der Waals surface area contributed by atoms with E-state index in [1.165, 1.54) is 308 Å². The summed E-state index contributed by atoms with van der Waals surface area (Å²) in [5.74, 6) is 0. The van der Waals surface area contributed by atoms with Gasteiger partial charge < -0.3 is 0 Å². The molecule has 0 atom stereocenters. The Hall–Kier alpha value is -0.780. The van der Waals surface area contributed by atoms with Crippen molar-refractivity contribution in [3.05, 3.63) is 34.4 Å². The van der Waals surface area contributed by atoms with Gasteiger partial charge in [0.1, 0.15) is 0 Å². The van der Waals surface area contributed by atoms with Gasteiger partial charge in [0.05, 0.1) is 0 Å². The summed E-state index contributed by atoms with van der Waals surface area (Å²) in [5.41, 5.74) is 7.00. The van der Waals surface area contributed by atoms with E-state index < -0.39 is 0 Å². The van der Waals surface area contributed by atoms with Crippen LogP contribution < -0.4 is 0 Å². The average Bonchev–Trinajstić information content (AvgIpc) is 3.23. The van der Waals surface area contributed by atoms with Gasteiger partial charge in [-0.05, 0) is 73.6 Å². The van der Waals surface area contributed by atoms with Crippen LogP contribution in [0.3, 0.4) is 0 Å². The second-order valence-electron chi connectivity index (χ2n) is 19.5. The van der Waals surface area contributed by atoms with Crippen LogP contribution in [0.25, 0.3) is 0 Å². The first-order chi connectivity index (χ1) is 28.8. The smallest absolute Gasteiger partial charge is 0.0273 e. The molecule has 1 aromatic rings. The lowest BCUT2D eigenvalue weighted by Crippen LogP contribution is -2.05. The zero-order chi connectivity index (χ0) is 41.7. The molecule has 0 amide bonds. The Morgan fingerprint density at radius 1 is 0.207 bits per heavy atom. The molecule has 0 heteroatoms. The summed E-state index contributed by atoms with van der Waals surface area (Å²) in [6.45, 7) is 9.34. The van der Waals surface area contributed by atoms with E-state index in [9.17, 15) is 0 Å². The van der Waals surface area contributed by atoms with Gasteiger partial charge in [-0.3, -0.25) is 0 Å². The summed E-state index contributed by atoms with van der Waals surface area (Å²) in [4.78, 5) is 0. The Bertz CT molecular complexity index is 873. The third kappa shape index (κ3) is 35.9. The molecular weight excluding hydrogens is 697 g/mol. The van der Waals surface area contributed by atoms with Crippen LogP contribution in [0.4, 0.5) is 0 Å². The molecule has 0 spiro atoms. The van der Waals surface area contributed by atoms with Crippen LogP contribution in [0.5, 0.6) is 0 Å². The van der Waals surface area contributed by atoms with Crippen molar-refractivity contribution < 1.29 is 0 Å². The van der Waals surface area contributed by atoms with Gasteiger partial charge in [0.15, 0.2) is 0 Å². The minimum atomic E-state index is 1.28. The fourth-order valence-electron chi connectivity index (χ4n) is 9.68. The molecule has 0 heterocycles.